The number of carbonyl (C=O) groups is 2. The van der Waals surface area contributed by atoms with Gasteiger partial charge in [0.1, 0.15) is 6.07 Å². The van der Waals surface area contributed by atoms with Crippen LogP contribution in [0.5, 0.6) is 0 Å². The van der Waals surface area contributed by atoms with Crippen molar-refractivity contribution < 1.29 is 9.59 Å². The van der Waals surface area contributed by atoms with Gasteiger partial charge in [0.15, 0.2) is 0 Å². The van der Waals surface area contributed by atoms with Crippen LogP contribution in [0.4, 0.5) is 5.69 Å². The van der Waals surface area contributed by atoms with Crippen LogP contribution >= 0.6 is 0 Å². The fraction of sp³-hybridized carbons (Fsp3) is 0.0588. The van der Waals surface area contributed by atoms with Gasteiger partial charge in [0.2, 0.25) is 0 Å². The Bertz CT molecular complexity index is 881. The number of imide groups is 1. The topological polar surface area (TPSA) is 85.0 Å². The van der Waals surface area contributed by atoms with E-state index in [9.17, 15) is 14.9 Å². The molecule has 0 fully saturated rings. The van der Waals surface area contributed by atoms with Crippen molar-refractivity contribution in [3.8, 4) is 12.1 Å². The molecule has 104 valence electrons. The Morgan fingerprint density at radius 3 is 2.05 bits per heavy atom. The molecule has 2 aromatic rings. The molecule has 0 atom stereocenters. The molecule has 0 radical (unpaired) electrons. The largest absolute Gasteiger partial charge is 0.268 e. The predicted molar refractivity (Wildman–Crippen MR) is 78.2 cm³/mol. The van der Waals surface area contributed by atoms with E-state index in [1.165, 1.54) is 6.07 Å². The summed E-state index contributed by atoms with van der Waals surface area (Å²) < 4.78 is 0. The molecule has 5 nitrogen and oxygen atoms in total. The van der Waals surface area contributed by atoms with Gasteiger partial charge < -0.3 is 0 Å². The third kappa shape index (κ3) is 1.77. The summed E-state index contributed by atoms with van der Waals surface area (Å²) in [6.07, 6.45) is 0. The number of rotatable bonds is 1. The summed E-state index contributed by atoms with van der Waals surface area (Å²) in [6, 6.07) is 13.4. The molecule has 0 aliphatic carbocycles. The van der Waals surface area contributed by atoms with Crippen molar-refractivity contribution in [2.24, 2.45) is 0 Å². The van der Waals surface area contributed by atoms with E-state index in [0.717, 1.165) is 4.90 Å². The van der Waals surface area contributed by atoms with Crippen LogP contribution in [0.2, 0.25) is 0 Å². The maximum atomic E-state index is 12.5. The second-order valence-corrected chi connectivity index (χ2v) is 4.90. The zero-order chi connectivity index (χ0) is 15.9. The number of amides is 2. The second kappa shape index (κ2) is 4.83. The molecule has 1 aliphatic heterocycles. The summed E-state index contributed by atoms with van der Waals surface area (Å²) in [5.41, 5.74) is 1.86. The molecule has 0 saturated carbocycles. The van der Waals surface area contributed by atoms with Gasteiger partial charge in [0, 0.05) is 0 Å². The van der Waals surface area contributed by atoms with E-state index >= 15 is 0 Å². The average molecular weight is 287 g/mol. The van der Waals surface area contributed by atoms with Gasteiger partial charge in [-0.3, -0.25) is 9.59 Å². The lowest BCUT2D eigenvalue weighted by Gasteiger charge is -2.18. The fourth-order valence-corrected chi connectivity index (χ4v) is 2.62. The van der Waals surface area contributed by atoms with E-state index in [1.807, 2.05) is 12.1 Å². The van der Waals surface area contributed by atoms with Gasteiger partial charge in [-0.2, -0.15) is 10.5 Å². The SMILES string of the molecule is Cc1cc(C#N)cc(C#N)c1N1C(=O)c2ccccc2C1=O. The van der Waals surface area contributed by atoms with Crippen LogP contribution in [-0.4, -0.2) is 11.8 Å². The minimum absolute atomic E-state index is 0.131. The highest BCUT2D eigenvalue weighted by Crippen LogP contribution is 2.33. The predicted octanol–water partition coefficient (Wildman–Crippen LogP) is 2.54. The normalized spacial score (nSPS) is 12.8. The molecule has 0 N–H and O–H groups in total. The minimum Gasteiger partial charge on any atom is -0.268 e. The smallest absolute Gasteiger partial charge is 0.266 e. The number of nitrogens with zero attached hydrogens (tertiary/aromatic N) is 3. The molecule has 2 amide bonds. The third-order valence-electron chi connectivity index (χ3n) is 3.57. The third-order valence-corrected chi connectivity index (χ3v) is 3.57. The summed E-state index contributed by atoms with van der Waals surface area (Å²) in [6.45, 7) is 1.67. The molecule has 3 rings (SSSR count). The van der Waals surface area contributed by atoms with E-state index in [2.05, 4.69) is 0 Å². The highest BCUT2D eigenvalue weighted by atomic mass is 16.2. The molecule has 0 bridgehead atoms. The number of nitriles is 2. The van der Waals surface area contributed by atoms with Gasteiger partial charge in [-0.15, -0.1) is 0 Å². The second-order valence-electron chi connectivity index (χ2n) is 4.90. The van der Waals surface area contributed by atoms with E-state index in [-0.39, 0.29) is 11.3 Å². The summed E-state index contributed by atoms with van der Waals surface area (Å²) in [4.78, 5) is 26.0. The van der Waals surface area contributed by atoms with Crippen molar-refractivity contribution in [1.82, 2.24) is 0 Å². The van der Waals surface area contributed by atoms with Gasteiger partial charge in [-0.25, -0.2) is 4.90 Å². The molecule has 0 spiro atoms. The van der Waals surface area contributed by atoms with E-state index in [0.29, 0.717) is 22.3 Å². The van der Waals surface area contributed by atoms with Crippen LogP contribution in [0, 0.1) is 29.6 Å². The number of hydrogen-bond donors (Lipinski definition) is 0. The van der Waals surface area contributed by atoms with E-state index in [1.54, 1.807) is 37.3 Å². The monoisotopic (exact) mass is 287 g/mol. The number of carbonyl (C=O) groups excluding carboxylic acids is 2. The maximum absolute atomic E-state index is 12.5. The summed E-state index contributed by atoms with van der Waals surface area (Å²) >= 11 is 0. The lowest BCUT2D eigenvalue weighted by Crippen LogP contribution is -2.31. The summed E-state index contributed by atoms with van der Waals surface area (Å²) in [7, 11) is 0. The average Bonchev–Trinajstić information content (AvgIpc) is 2.79. The minimum atomic E-state index is -0.454. The van der Waals surface area contributed by atoms with Gasteiger partial charge in [-0.1, -0.05) is 12.1 Å². The Morgan fingerprint density at radius 1 is 0.955 bits per heavy atom. The number of hydrogen-bond acceptors (Lipinski definition) is 4. The van der Waals surface area contributed by atoms with Crippen molar-refractivity contribution in [1.29, 1.82) is 10.5 Å². The number of fused-ring (bicyclic) bond motifs is 1. The lowest BCUT2D eigenvalue weighted by molar-refractivity contribution is 0.0926. The van der Waals surface area contributed by atoms with Crippen molar-refractivity contribution in [3.63, 3.8) is 0 Å². The zero-order valence-electron chi connectivity index (χ0n) is 11.6. The van der Waals surface area contributed by atoms with Crippen LogP contribution in [0.25, 0.3) is 0 Å². The Morgan fingerprint density at radius 2 is 1.55 bits per heavy atom. The molecule has 1 aliphatic rings. The Labute approximate surface area is 126 Å². The fourth-order valence-electron chi connectivity index (χ4n) is 2.62. The molecule has 5 heteroatoms. The Hall–Kier alpha value is -3.44. The maximum Gasteiger partial charge on any atom is 0.266 e. The first-order chi connectivity index (χ1) is 10.6. The van der Waals surface area contributed by atoms with Crippen LogP contribution < -0.4 is 4.90 Å². The Kier molecular flexibility index (Phi) is 2.98. The zero-order valence-corrected chi connectivity index (χ0v) is 11.6. The molecular weight excluding hydrogens is 278 g/mol. The first-order valence-corrected chi connectivity index (χ1v) is 6.51. The van der Waals surface area contributed by atoms with Crippen LogP contribution in [0.15, 0.2) is 36.4 Å². The molecule has 22 heavy (non-hydrogen) atoms. The van der Waals surface area contributed by atoms with Crippen LogP contribution in [0.3, 0.4) is 0 Å². The quantitative estimate of drug-likeness (QED) is 0.754. The van der Waals surface area contributed by atoms with Crippen molar-refractivity contribution in [2.75, 3.05) is 4.90 Å². The van der Waals surface area contributed by atoms with Crippen molar-refractivity contribution in [3.05, 3.63) is 64.2 Å². The number of aryl methyl sites for hydroxylation is 1. The lowest BCUT2D eigenvalue weighted by atomic mass is 10.0. The van der Waals surface area contributed by atoms with E-state index in [4.69, 9.17) is 5.26 Å². The molecule has 1 heterocycles. The van der Waals surface area contributed by atoms with Crippen molar-refractivity contribution in [2.45, 2.75) is 6.92 Å². The van der Waals surface area contributed by atoms with Crippen molar-refractivity contribution >= 4 is 17.5 Å². The first-order valence-electron chi connectivity index (χ1n) is 6.51. The first kappa shape index (κ1) is 13.5. The van der Waals surface area contributed by atoms with Gasteiger partial charge in [0.05, 0.1) is 34.0 Å². The Balaban J connectivity index is 2.23. The number of benzene rings is 2. The molecule has 0 aromatic heterocycles. The number of anilines is 1. The summed E-state index contributed by atoms with van der Waals surface area (Å²) in [5, 5.41) is 18.3. The molecular formula is C17H9N3O2. The van der Waals surface area contributed by atoms with Gasteiger partial charge >= 0.3 is 0 Å². The summed E-state index contributed by atoms with van der Waals surface area (Å²) in [5.74, 6) is -0.908. The standard InChI is InChI=1S/C17H9N3O2/c1-10-6-11(8-18)7-12(9-19)15(10)20-16(21)13-4-2-3-5-14(13)17(20)22/h2-7H,1H3. The van der Waals surface area contributed by atoms with E-state index < -0.39 is 11.8 Å². The molecule has 2 aromatic carbocycles. The highest BCUT2D eigenvalue weighted by molar-refractivity contribution is 6.35. The molecule has 0 saturated heterocycles. The van der Waals surface area contributed by atoms with Gasteiger partial charge in [0.25, 0.3) is 11.8 Å². The molecule has 0 unspecified atom stereocenters. The van der Waals surface area contributed by atoms with Gasteiger partial charge in [-0.05, 0) is 36.8 Å². The van der Waals surface area contributed by atoms with Crippen LogP contribution in [-0.2, 0) is 0 Å². The highest BCUT2D eigenvalue weighted by Gasteiger charge is 2.38. The van der Waals surface area contributed by atoms with Crippen LogP contribution in [0.1, 0.15) is 37.4 Å².